The fourth-order valence-corrected chi connectivity index (χ4v) is 1.87. The van der Waals surface area contributed by atoms with Crippen molar-refractivity contribution in [2.24, 2.45) is 0 Å². The van der Waals surface area contributed by atoms with Gasteiger partial charge in [0, 0.05) is 18.1 Å². The Kier molecular flexibility index (Phi) is 4.58. The van der Waals surface area contributed by atoms with Crippen molar-refractivity contribution in [3.05, 3.63) is 34.3 Å². The normalized spacial score (nSPS) is 13.2. The maximum Gasteiger partial charge on any atom is 0.0639 e. The summed E-state index contributed by atoms with van der Waals surface area (Å²) in [7, 11) is 2.00. The zero-order valence-electron chi connectivity index (χ0n) is 9.50. The molecule has 1 aromatic rings. The molecular formula is C12H18ClNO. The number of hydrogen-bond donors (Lipinski definition) is 1. The number of likely N-dealkylation sites (N-methyl/N-ethyl adjacent to an activating group) is 1. The van der Waals surface area contributed by atoms with Crippen LogP contribution in [0.2, 0.25) is 5.02 Å². The molecule has 0 saturated heterocycles. The molecule has 0 unspecified atom stereocenters. The molecule has 0 aliphatic heterocycles. The van der Waals surface area contributed by atoms with Crippen LogP contribution in [-0.4, -0.2) is 29.7 Å². The fourth-order valence-electron chi connectivity index (χ4n) is 1.64. The first-order valence-electron chi connectivity index (χ1n) is 5.10. The fraction of sp³-hybridized carbons (Fsp3) is 0.500. The molecule has 1 aromatic carbocycles. The van der Waals surface area contributed by atoms with Crippen LogP contribution < -0.4 is 0 Å². The first-order valence-corrected chi connectivity index (χ1v) is 5.48. The number of rotatable bonds is 4. The number of aliphatic hydroxyl groups is 1. The van der Waals surface area contributed by atoms with Crippen LogP contribution in [0.4, 0.5) is 0 Å². The number of hydrogen-bond acceptors (Lipinski definition) is 2. The second-order valence-electron chi connectivity index (χ2n) is 4.12. The van der Waals surface area contributed by atoms with Gasteiger partial charge in [0.2, 0.25) is 0 Å². The minimum atomic E-state index is -0.289. The monoisotopic (exact) mass is 227 g/mol. The van der Waals surface area contributed by atoms with Crippen LogP contribution in [0.3, 0.4) is 0 Å². The molecule has 1 N–H and O–H groups in total. The highest BCUT2D eigenvalue weighted by Gasteiger charge is 2.05. The van der Waals surface area contributed by atoms with Gasteiger partial charge in [-0.2, -0.15) is 0 Å². The smallest absolute Gasteiger partial charge is 0.0639 e. The Bertz CT molecular complexity index is 325. The molecule has 1 atom stereocenters. The number of aryl methyl sites for hydroxylation is 1. The van der Waals surface area contributed by atoms with E-state index in [2.05, 4.69) is 11.8 Å². The lowest BCUT2D eigenvalue weighted by Gasteiger charge is -2.19. The van der Waals surface area contributed by atoms with Crippen LogP contribution in [0, 0.1) is 6.92 Å². The number of halogens is 1. The SMILES string of the molecule is Cc1cc(Cl)ccc1CN(C)C[C@@H](C)O. The van der Waals surface area contributed by atoms with Crippen molar-refractivity contribution in [2.45, 2.75) is 26.5 Å². The molecule has 0 aliphatic carbocycles. The third-order valence-electron chi connectivity index (χ3n) is 2.32. The summed E-state index contributed by atoms with van der Waals surface area (Å²) < 4.78 is 0. The molecule has 84 valence electrons. The van der Waals surface area contributed by atoms with Crippen molar-refractivity contribution in [1.82, 2.24) is 4.90 Å². The molecule has 0 radical (unpaired) electrons. The molecule has 0 saturated carbocycles. The van der Waals surface area contributed by atoms with E-state index in [1.54, 1.807) is 6.92 Å². The molecule has 1 rings (SSSR count). The Morgan fingerprint density at radius 2 is 2.13 bits per heavy atom. The second kappa shape index (κ2) is 5.50. The summed E-state index contributed by atoms with van der Waals surface area (Å²) in [6, 6.07) is 5.91. The predicted octanol–water partition coefficient (Wildman–Crippen LogP) is 2.46. The van der Waals surface area contributed by atoms with E-state index in [0.29, 0.717) is 6.54 Å². The molecule has 15 heavy (non-hydrogen) atoms. The van der Waals surface area contributed by atoms with Gasteiger partial charge in [-0.1, -0.05) is 17.7 Å². The zero-order valence-corrected chi connectivity index (χ0v) is 10.3. The van der Waals surface area contributed by atoms with Crippen molar-refractivity contribution in [2.75, 3.05) is 13.6 Å². The summed E-state index contributed by atoms with van der Waals surface area (Å²) in [6.45, 7) is 5.37. The van der Waals surface area contributed by atoms with Crippen LogP contribution in [0.1, 0.15) is 18.1 Å². The van der Waals surface area contributed by atoms with Gasteiger partial charge in [0.05, 0.1) is 6.10 Å². The molecule has 0 bridgehead atoms. The summed E-state index contributed by atoms with van der Waals surface area (Å²) >= 11 is 5.88. The Morgan fingerprint density at radius 1 is 1.47 bits per heavy atom. The van der Waals surface area contributed by atoms with Crippen LogP contribution in [0.5, 0.6) is 0 Å². The largest absolute Gasteiger partial charge is 0.392 e. The minimum Gasteiger partial charge on any atom is -0.392 e. The standard InChI is InChI=1S/C12H18ClNO/c1-9-6-12(13)5-4-11(9)8-14(3)7-10(2)15/h4-6,10,15H,7-8H2,1-3H3/t10-/m1/s1. The van der Waals surface area contributed by atoms with E-state index in [-0.39, 0.29) is 6.10 Å². The van der Waals surface area contributed by atoms with Crippen LogP contribution >= 0.6 is 11.6 Å². The number of nitrogens with zero attached hydrogens (tertiary/aromatic N) is 1. The molecule has 0 fully saturated rings. The van der Waals surface area contributed by atoms with E-state index in [1.165, 1.54) is 11.1 Å². The highest BCUT2D eigenvalue weighted by molar-refractivity contribution is 6.30. The third kappa shape index (κ3) is 4.20. The van der Waals surface area contributed by atoms with Gasteiger partial charge in [0.1, 0.15) is 0 Å². The summed E-state index contributed by atoms with van der Waals surface area (Å²) in [5.41, 5.74) is 2.45. The zero-order chi connectivity index (χ0) is 11.4. The first kappa shape index (κ1) is 12.5. The lowest BCUT2D eigenvalue weighted by molar-refractivity contribution is 0.138. The second-order valence-corrected chi connectivity index (χ2v) is 4.55. The summed E-state index contributed by atoms with van der Waals surface area (Å²) in [5.74, 6) is 0. The van der Waals surface area contributed by atoms with Gasteiger partial charge >= 0.3 is 0 Å². The van der Waals surface area contributed by atoms with E-state index in [0.717, 1.165) is 11.6 Å². The lowest BCUT2D eigenvalue weighted by atomic mass is 10.1. The van der Waals surface area contributed by atoms with Gasteiger partial charge < -0.3 is 5.11 Å². The number of aliphatic hydroxyl groups excluding tert-OH is 1. The molecule has 0 amide bonds. The van der Waals surface area contributed by atoms with Gasteiger partial charge in [0.15, 0.2) is 0 Å². The molecule has 0 spiro atoms. The summed E-state index contributed by atoms with van der Waals surface area (Å²) in [6.07, 6.45) is -0.289. The van der Waals surface area contributed by atoms with E-state index in [1.807, 2.05) is 25.2 Å². The Labute approximate surface area is 96.5 Å². The van der Waals surface area contributed by atoms with Gasteiger partial charge in [-0.3, -0.25) is 4.90 Å². The molecule has 2 nitrogen and oxygen atoms in total. The maximum absolute atomic E-state index is 9.25. The van der Waals surface area contributed by atoms with E-state index in [4.69, 9.17) is 11.6 Å². The highest BCUT2D eigenvalue weighted by atomic mass is 35.5. The third-order valence-corrected chi connectivity index (χ3v) is 2.56. The van der Waals surface area contributed by atoms with Gasteiger partial charge in [-0.25, -0.2) is 0 Å². The van der Waals surface area contributed by atoms with Crippen LogP contribution in [0.25, 0.3) is 0 Å². The van der Waals surface area contributed by atoms with Crippen molar-refractivity contribution in [1.29, 1.82) is 0 Å². The van der Waals surface area contributed by atoms with Crippen molar-refractivity contribution < 1.29 is 5.11 Å². The van der Waals surface area contributed by atoms with Crippen molar-refractivity contribution in [3.63, 3.8) is 0 Å². The minimum absolute atomic E-state index is 0.289. The Balaban J connectivity index is 2.64. The van der Waals surface area contributed by atoms with Crippen LogP contribution in [-0.2, 0) is 6.54 Å². The van der Waals surface area contributed by atoms with E-state index < -0.39 is 0 Å². The quantitative estimate of drug-likeness (QED) is 0.854. The predicted molar refractivity (Wildman–Crippen MR) is 64.2 cm³/mol. The van der Waals surface area contributed by atoms with E-state index in [9.17, 15) is 5.11 Å². The van der Waals surface area contributed by atoms with Crippen molar-refractivity contribution in [3.8, 4) is 0 Å². The van der Waals surface area contributed by atoms with Gasteiger partial charge in [-0.15, -0.1) is 0 Å². The average molecular weight is 228 g/mol. The Hall–Kier alpha value is -0.570. The average Bonchev–Trinajstić information content (AvgIpc) is 2.08. The lowest BCUT2D eigenvalue weighted by Crippen LogP contribution is -2.27. The Morgan fingerprint density at radius 3 is 2.67 bits per heavy atom. The topological polar surface area (TPSA) is 23.5 Å². The molecule has 0 aromatic heterocycles. The van der Waals surface area contributed by atoms with Crippen LogP contribution in [0.15, 0.2) is 18.2 Å². The molecular weight excluding hydrogens is 210 g/mol. The summed E-state index contributed by atoms with van der Waals surface area (Å²) in [4.78, 5) is 2.10. The van der Waals surface area contributed by atoms with Gasteiger partial charge in [-0.05, 0) is 44.2 Å². The van der Waals surface area contributed by atoms with Crippen molar-refractivity contribution >= 4 is 11.6 Å². The maximum atomic E-state index is 9.25. The first-order chi connectivity index (χ1) is 6.99. The van der Waals surface area contributed by atoms with E-state index >= 15 is 0 Å². The molecule has 0 heterocycles. The van der Waals surface area contributed by atoms with Gasteiger partial charge in [0.25, 0.3) is 0 Å². The molecule has 3 heteroatoms. The number of benzene rings is 1. The molecule has 0 aliphatic rings. The highest BCUT2D eigenvalue weighted by Crippen LogP contribution is 2.16. The summed E-state index contributed by atoms with van der Waals surface area (Å²) in [5, 5.41) is 10.0.